The third kappa shape index (κ3) is 4.43. The Morgan fingerprint density at radius 2 is 2.17 bits per heavy atom. The van der Waals surface area contributed by atoms with Crippen molar-refractivity contribution in [2.24, 2.45) is 0 Å². The quantitative estimate of drug-likeness (QED) is 0.614. The van der Waals surface area contributed by atoms with Crippen LogP contribution >= 0.6 is 23.1 Å². The Morgan fingerprint density at radius 1 is 1.39 bits per heavy atom. The van der Waals surface area contributed by atoms with E-state index in [4.69, 9.17) is 5.26 Å². The van der Waals surface area contributed by atoms with E-state index in [2.05, 4.69) is 15.5 Å². The summed E-state index contributed by atoms with van der Waals surface area (Å²) >= 11 is 2.81. The van der Waals surface area contributed by atoms with Crippen LogP contribution in [0.4, 0.5) is 10.8 Å². The van der Waals surface area contributed by atoms with Gasteiger partial charge in [-0.1, -0.05) is 41.3 Å². The Bertz CT molecular complexity index is 708. The molecule has 1 fully saturated rings. The molecule has 1 aliphatic carbocycles. The molecular weight excluding hydrogens is 330 g/mol. The highest BCUT2D eigenvalue weighted by molar-refractivity contribution is 8.01. The molecule has 0 unspecified atom stereocenters. The first kappa shape index (κ1) is 15.8. The predicted molar refractivity (Wildman–Crippen MR) is 91.7 cm³/mol. The third-order valence-electron chi connectivity index (χ3n) is 3.23. The van der Waals surface area contributed by atoms with Crippen molar-refractivity contribution in [2.45, 2.75) is 23.2 Å². The van der Waals surface area contributed by atoms with Crippen LogP contribution < -0.4 is 10.2 Å². The number of aromatic nitrogens is 2. The van der Waals surface area contributed by atoms with Crippen LogP contribution in [-0.2, 0) is 4.79 Å². The summed E-state index contributed by atoms with van der Waals surface area (Å²) in [5.74, 6) is 0.115. The lowest BCUT2D eigenvalue weighted by atomic mass is 10.3. The second kappa shape index (κ2) is 7.44. The van der Waals surface area contributed by atoms with Crippen LogP contribution in [0.2, 0.25) is 0 Å². The highest BCUT2D eigenvalue weighted by atomic mass is 32.2. The van der Waals surface area contributed by atoms with Crippen LogP contribution in [0.25, 0.3) is 0 Å². The fourth-order valence-corrected chi connectivity index (χ4v) is 3.64. The van der Waals surface area contributed by atoms with Gasteiger partial charge in [0, 0.05) is 11.7 Å². The maximum absolute atomic E-state index is 12.4. The van der Waals surface area contributed by atoms with E-state index >= 15 is 0 Å². The molecule has 23 heavy (non-hydrogen) atoms. The summed E-state index contributed by atoms with van der Waals surface area (Å²) in [7, 11) is 0. The van der Waals surface area contributed by atoms with E-state index < -0.39 is 0 Å². The largest absolute Gasteiger partial charge is 0.357 e. The zero-order valence-electron chi connectivity index (χ0n) is 12.3. The lowest BCUT2D eigenvalue weighted by molar-refractivity contribution is -0.116. The number of nitrogens with zero attached hydrogens (tertiary/aromatic N) is 4. The van der Waals surface area contributed by atoms with Crippen molar-refractivity contribution >= 4 is 39.8 Å². The lowest BCUT2D eigenvalue weighted by Crippen LogP contribution is -2.32. The number of carbonyl (C=O) groups is 1. The highest BCUT2D eigenvalue weighted by Gasteiger charge is 2.23. The molecule has 1 heterocycles. The van der Waals surface area contributed by atoms with Gasteiger partial charge in [0.1, 0.15) is 6.54 Å². The summed E-state index contributed by atoms with van der Waals surface area (Å²) in [6.07, 6.45) is 2.36. The highest BCUT2D eigenvalue weighted by Crippen LogP contribution is 2.30. The van der Waals surface area contributed by atoms with Crippen LogP contribution in [0.5, 0.6) is 0 Å². The van der Waals surface area contributed by atoms with Crippen LogP contribution in [0.1, 0.15) is 12.8 Å². The molecule has 1 aliphatic rings. The summed E-state index contributed by atoms with van der Waals surface area (Å²) in [4.78, 5) is 13.9. The fourth-order valence-electron chi connectivity index (χ4n) is 1.93. The van der Waals surface area contributed by atoms with E-state index in [1.54, 1.807) is 0 Å². The summed E-state index contributed by atoms with van der Waals surface area (Å²) in [5.41, 5.74) is 0.730. The standard InChI is InChI=1S/C15H15N5OS2/c16-8-9-20(12-4-2-1-3-5-12)13(21)10-22-15-19-18-14(23-15)17-11-6-7-11/h1-5,11H,6-7,9-10H2,(H,17,18). The molecule has 6 nitrogen and oxygen atoms in total. The summed E-state index contributed by atoms with van der Waals surface area (Å²) < 4.78 is 0.756. The topological polar surface area (TPSA) is 81.9 Å². The van der Waals surface area contributed by atoms with Gasteiger partial charge in [0.15, 0.2) is 4.34 Å². The lowest BCUT2D eigenvalue weighted by Gasteiger charge is -2.19. The number of benzene rings is 1. The Kier molecular flexibility index (Phi) is 5.10. The third-order valence-corrected chi connectivity index (χ3v) is 5.20. The summed E-state index contributed by atoms with van der Waals surface area (Å²) in [5, 5.41) is 21.2. The molecule has 8 heteroatoms. The molecule has 0 aliphatic heterocycles. The Hall–Kier alpha value is -2.11. The molecule has 2 aromatic rings. The number of thioether (sulfide) groups is 1. The molecule has 1 saturated carbocycles. The first-order valence-corrected chi connectivity index (χ1v) is 9.01. The second-order valence-corrected chi connectivity index (χ2v) is 7.25. The van der Waals surface area contributed by atoms with Crippen molar-refractivity contribution in [3.05, 3.63) is 30.3 Å². The van der Waals surface area contributed by atoms with Crippen molar-refractivity contribution in [1.82, 2.24) is 10.2 Å². The molecule has 1 aromatic carbocycles. The second-order valence-electron chi connectivity index (χ2n) is 5.05. The molecule has 0 saturated heterocycles. The number of rotatable bonds is 7. The van der Waals surface area contributed by atoms with E-state index in [-0.39, 0.29) is 18.2 Å². The molecule has 118 valence electrons. The van der Waals surface area contributed by atoms with Gasteiger partial charge < -0.3 is 5.32 Å². The van der Waals surface area contributed by atoms with Gasteiger partial charge in [0.25, 0.3) is 0 Å². The smallest absolute Gasteiger partial charge is 0.238 e. The minimum Gasteiger partial charge on any atom is -0.357 e. The molecule has 0 spiro atoms. The number of carbonyl (C=O) groups excluding carboxylic acids is 1. The van der Waals surface area contributed by atoms with E-state index in [1.165, 1.54) is 40.8 Å². The van der Waals surface area contributed by atoms with Gasteiger partial charge in [-0.05, 0) is 25.0 Å². The molecule has 1 aromatic heterocycles. The fraction of sp³-hybridized carbons (Fsp3) is 0.333. The molecule has 0 bridgehead atoms. The SMILES string of the molecule is N#CCN(C(=O)CSc1nnc(NC2CC2)s1)c1ccccc1. The number of anilines is 2. The Morgan fingerprint density at radius 3 is 2.87 bits per heavy atom. The maximum Gasteiger partial charge on any atom is 0.238 e. The number of hydrogen-bond donors (Lipinski definition) is 1. The Labute approximate surface area is 142 Å². The van der Waals surface area contributed by atoms with Crippen LogP contribution in [-0.4, -0.2) is 34.4 Å². The molecule has 3 rings (SSSR count). The minimum atomic E-state index is -0.116. The van der Waals surface area contributed by atoms with Crippen molar-refractivity contribution < 1.29 is 4.79 Å². The van der Waals surface area contributed by atoms with Gasteiger partial charge in [0.05, 0.1) is 11.8 Å². The van der Waals surface area contributed by atoms with Crippen LogP contribution in [0.15, 0.2) is 34.7 Å². The van der Waals surface area contributed by atoms with Crippen LogP contribution in [0.3, 0.4) is 0 Å². The average molecular weight is 345 g/mol. The van der Waals surface area contributed by atoms with E-state index in [1.807, 2.05) is 36.4 Å². The van der Waals surface area contributed by atoms with Gasteiger partial charge in [-0.2, -0.15) is 5.26 Å². The molecule has 1 N–H and O–H groups in total. The van der Waals surface area contributed by atoms with Gasteiger partial charge in [-0.15, -0.1) is 10.2 Å². The van der Waals surface area contributed by atoms with E-state index in [0.717, 1.165) is 15.2 Å². The van der Waals surface area contributed by atoms with Gasteiger partial charge >= 0.3 is 0 Å². The van der Waals surface area contributed by atoms with Crippen LogP contribution in [0, 0.1) is 11.3 Å². The van der Waals surface area contributed by atoms with E-state index in [9.17, 15) is 4.79 Å². The first-order valence-electron chi connectivity index (χ1n) is 7.21. The van der Waals surface area contributed by atoms with Crippen molar-refractivity contribution in [3.8, 4) is 6.07 Å². The maximum atomic E-state index is 12.4. The molecular formula is C15H15N5OS2. The zero-order chi connectivity index (χ0) is 16.1. The summed E-state index contributed by atoms with van der Waals surface area (Å²) in [6, 6.07) is 11.8. The number of amides is 1. The van der Waals surface area contributed by atoms with Crippen molar-refractivity contribution in [1.29, 1.82) is 5.26 Å². The number of para-hydroxylation sites is 1. The molecule has 0 atom stereocenters. The monoisotopic (exact) mass is 345 g/mol. The predicted octanol–water partition coefficient (Wildman–Crippen LogP) is 2.76. The van der Waals surface area contributed by atoms with Gasteiger partial charge in [-0.3, -0.25) is 9.69 Å². The molecule has 1 amide bonds. The minimum absolute atomic E-state index is 0.0357. The normalized spacial score (nSPS) is 13.3. The number of hydrogen-bond acceptors (Lipinski definition) is 7. The number of nitriles is 1. The Balaban J connectivity index is 1.58. The summed E-state index contributed by atoms with van der Waals surface area (Å²) in [6.45, 7) is 0.0357. The van der Waals surface area contributed by atoms with E-state index in [0.29, 0.717) is 6.04 Å². The average Bonchev–Trinajstić information content (AvgIpc) is 3.28. The van der Waals surface area contributed by atoms with Crippen molar-refractivity contribution in [2.75, 3.05) is 22.5 Å². The first-order chi connectivity index (χ1) is 11.3. The molecule has 0 radical (unpaired) electrons. The van der Waals surface area contributed by atoms with Gasteiger partial charge in [-0.25, -0.2) is 0 Å². The van der Waals surface area contributed by atoms with Gasteiger partial charge in [0.2, 0.25) is 11.0 Å². The zero-order valence-corrected chi connectivity index (χ0v) is 13.9. The van der Waals surface area contributed by atoms with Crippen molar-refractivity contribution in [3.63, 3.8) is 0 Å². The number of nitrogens with one attached hydrogen (secondary N) is 1.